The second-order valence-corrected chi connectivity index (χ2v) is 0.697. The molecule has 0 spiro atoms. The van der Waals surface area contributed by atoms with E-state index in [2.05, 4.69) is 0 Å². The molecule has 0 atom stereocenters. The maximum atomic E-state index is 7.74. The Morgan fingerprint density at radius 1 is 1.25 bits per heavy atom. The average molecular weight is 148 g/mol. The van der Waals surface area contributed by atoms with E-state index in [0.717, 1.165) is 0 Å². The van der Waals surface area contributed by atoms with E-state index in [1.54, 1.807) is 0 Å². The van der Waals surface area contributed by atoms with Crippen molar-refractivity contribution in [1.82, 2.24) is 5.48 Å². The van der Waals surface area contributed by atoms with Gasteiger partial charge in [-0.1, -0.05) is 0 Å². The number of hydrogen-bond donors (Lipinski definition) is 3. The van der Waals surface area contributed by atoms with Gasteiger partial charge >= 0.3 is 88.7 Å². The SMILES string of the molecule is NCCNO.[NaH].[NaH].[NaH]. The number of nitrogens with one attached hydrogen (secondary N) is 1. The molecule has 0 aromatic carbocycles. The Kier molecular flexibility index (Phi) is 63.2. The van der Waals surface area contributed by atoms with Gasteiger partial charge in [0.15, 0.2) is 0 Å². The van der Waals surface area contributed by atoms with Crippen molar-refractivity contribution in [3.05, 3.63) is 0 Å². The van der Waals surface area contributed by atoms with E-state index in [9.17, 15) is 0 Å². The van der Waals surface area contributed by atoms with Crippen molar-refractivity contribution in [2.24, 2.45) is 5.73 Å². The van der Waals surface area contributed by atoms with Crippen molar-refractivity contribution >= 4 is 88.7 Å². The first-order valence-corrected chi connectivity index (χ1v) is 1.49. The van der Waals surface area contributed by atoms with Gasteiger partial charge in [0.2, 0.25) is 0 Å². The molecule has 0 fully saturated rings. The molecule has 0 rings (SSSR count). The third-order valence-corrected chi connectivity index (χ3v) is 0.256. The predicted molar refractivity (Wildman–Crippen MR) is 40.3 cm³/mol. The van der Waals surface area contributed by atoms with Crippen molar-refractivity contribution in [3.63, 3.8) is 0 Å². The molecule has 0 aliphatic carbocycles. The monoisotopic (exact) mass is 148 g/mol. The second-order valence-electron chi connectivity index (χ2n) is 0.697. The zero-order valence-corrected chi connectivity index (χ0v) is 2.94. The van der Waals surface area contributed by atoms with Crippen LogP contribution in [-0.2, 0) is 0 Å². The summed E-state index contributed by atoms with van der Waals surface area (Å²) in [7, 11) is 0. The van der Waals surface area contributed by atoms with Gasteiger partial charge in [-0.05, 0) is 0 Å². The Labute approximate surface area is 116 Å². The normalized spacial score (nSPS) is 5.25. The van der Waals surface area contributed by atoms with Gasteiger partial charge in [0.05, 0.1) is 0 Å². The van der Waals surface area contributed by atoms with Crippen LogP contribution in [0.1, 0.15) is 0 Å². The van der Waals surface area contributed by atoms with Crippen molar-refractivity contribution in [2.75, 3.05) is 13.1 Å². The van der Waals surface area contributed by atoms with Gasteiger partial charge in [-0.2, -0.15) is 0 Å². The Hall–Kier alpha value is 2.88. The van der Waals surface area contributed by atoms with Crippen molar-refractivity contribution in [2.45, 2.75) is 0 Å². The Morgan fingerprint density at radius 3 is 1.62 bits per heavy atom. The number of hydrogen-bond acceptors (Lipinski definition) is 3. The molecule has 0 saturated heterocycles. The Bertz CT molecular complexity index is 22.8. The summed E-state index contributed by atoms with van der Waals surface area (Å²) in [4.78, 5) is 0. The molecule has 0 aliphatic heterocycles. The third kappa shape index (κ3) is 23.2. The van der Waals surface area contributed by atoms with Crippen LogP contribution in [0.3, 0.4) is 0 Å². The number of rotatable bonds is 2. The van der Waals surface area contributed by atoms with Gasteiger partial charge in [0, 0.05) is 13.1 Å². The first kappa shape index (κ1) is 22.4. The molecule has 3 nitrogen and oxygen atoms in total. The summed E-state index contributed by atoms with van der Waals surface area (Å²) in [6.45, 7) is 0.955. The molecule has 8 heavy (non-hydrogen) atoms. The summed E-state index contributed by atoms with van der Waals surface area (Å²) in [5.41, 5.74) is 6.81. The van der Waals surface area contributed by atoms with Crippen molar-refractivity contribution in [1.29, 1.82) is 0 Å². The van der Waals surface area contributed by atoms with Crippen LogP contribution in [0.25, 0.3) is 0 Å². The van der Waals surface area contributed by atoms with Crippen molar-refractivity contribution in [3.8, 4) is 0 Å². The second kappa shape index (κ2) is 22.5. The molecule has 0 aromatic heterocycles. The fourth-order valence-electron chi connectivity index (χ4n) is 0.0645. The van der Waals surface area contributed by atoms with Gasteiger partial charge < -0.3 is 10.9 Å². The number of nitrogens with two attached hydrogens (primary N) is 1. The average Bonchev–Trinajstić information content (AvgIpc) is 1.41. The molecule has 6 heteroatoms. The molecular formula is C2H11N2Na3O. The molecule has 0 amide bonds. The first-order chi connectivity index (χ1) is 2.41. The predicted octanol–water partition coefficient (Wildman–Crippen LogP) is -3.02. The van der Waals surface area contributed by atoms with Crippen LogP contribution in [0.4, 0.5) is 0 Å². The zero-order valence-electron chi connectivity index (χ0n) is 2.94. The van der Waals surface area contributed by atoms with Crippen LogP contribution in [0.5, 0.6) is 0 Å². The van der Waals surface area contributed by atoms with Crippen molar-refractivity contribution < 1.29 is 5.21 Å². The quantitative estimate of drug-likeness (QED) is 0.288. The van der Waals surface area contributed by atoms with Gasteiger partial charge in [0.1, 0.15) is 0 Å². The molecule has 0 bridgehead atoms. The zero-order chi connectivity index (χ0) is 4.12. The van der Waals surface area contributed by atoms with Crippen LogP contribution in [-0.4, -0.2) is 107 Å². The van der Waals surface area contributed by atoms with Gasteiger partial charge in [-0.3, -0.25) is 0 Å². The van der Waals surface area contributed by atoms with Crippen LogP contribution in [0.15, 0.2) is 0 Å². The molecule has 4 N–H and O–H groups in total. The third-order valence-electron chi connectivity index (χ3n) is 0.256. The summed E-state index contributed by atoms with van der Waals surface area (Å²) in [5.74, 6) is 0. The van der Waals surface area contributed by atoms with Crippen LogP contribution >= 0.6 is 0 Å². The van der Waals surface area contributed by atoms with E-state index in [-0.39, 0.29) is 88.7 Å². The summed E-state index contributed by atoms with van der Waals surface area (Å²) in [5, 5.41) is 7.74. The van der Waals surface area contributed by atoms with E-state index >= 15 is 0 Å². The molecule has 0 unspecified atom stereocenters. The van der Waals surface area contributed by atoms with E-state index in [1.165, 1.54) is 0 Å². The van der Waals surface area contributed by atoms with Crippen LogP contribution in [0.2, 0.25) is 0 Å². The van der Waals surface area contributed by atoms with E-state index < -0.39 is 0 Å². The summed E-state index contributed by atoms with van der Waals surface area (Å²) >= 11 is 0. The van der Waals surface area contributed by atoms with Gasteiger partial charge in [-0.15, -0.1) is 0 Å². The molecular weight excluding hydrogens is 137 g/mol. The summed E-state index contributed by atoms with van der Waals surface area (Å²) in [6, 6.07) is 0. The van der Waals surface area contributed by atoms with Gasteiger partial charge in [0.25, 0.3) is 0 Å². The molecule has 0 heterocycles. The number of hydroxylamine groups is 1. The Morgan fingerprint density at radius 2 is 1.62 bits per heavy atom. The van der Waals surface area contributed by atoms with Crippen LogP contribution in [0, 0.1) is 0 Å². The van der Waals surface area contributed by atoms with E-state index in [4.69, 9.17) is 10.9 Å². The summed E-state index contributed by atoms with van der Waals surface area (Å²) in [6.07, 6.45) is 0. The topological polar surface area (TPSA) is 58.3 Å². The molecule has 0 radical (unpaired) electrons. The minimum absolute atomic E-state index is 0. The fraction of sp³-hybridized carbons (Fsp3) is 1.00. The van der Waals surface area contributed by atoms with Gasteiger partial charge in [-0.25, -0.2) is 5.48 Å². The summed E-state index contributed by atoms with van der Waals surface area (Å²) < 4.78 is 0. The van der Waals surface area contributed by atoms with E-state index in [1.807, 2.05) is 5.48 Å². The molecule has 0 saturated carbocycles. The van der Waals surface area contributed by atoms with E-state index in [0.29, 0.717) is 13.1 Å². The maximum absolute atomic E-state index is 7.74. The molecule has 38 valence electrons. The Balaban J connectivity index is -0.0000000267. The first-order valence-electron chi connectivity index (χ1n) is 1.49. The fourth-order valence-corrected chi connectivity index (χ4v) is 0.0645. The standard InChI is InChI=1S/C2H8N2O.3Na.3H/c3-1-2-4-5;;;;;;/h4-5H,1-3H2;;;;;;. The minimum atomic E-state index is 0. The molecule has 0 aromatic rings. The van der Waals surface area contributed by atoms with Crippen LogP contribution < -0.4 is 11.2 Å². The molecule has 0 aliphatic rings.